The van der Waals surface area contributed by atoms with E-state index in [1.807, 2.05) is 78.9 Å². The summed E-state index contributed by atoms with van der Waals surface area (Å²) >= 11 is 0. The van der Waals surface area contributed by atoms with Gasteiger partial charge in [0.2, 0.25) is 0 Å². The quantitative estimate of drug-likeness (QED) is 0.0824. The van der Waals surface area contributed by atoms with E-state index in [9.17, 15) is 9.59 Å². The lowest BCUT2D eigenvalue weighted by atomic mass is 10.0. The molecule has 0 aliphatic carbocycles. The number of carbonyl (C=O) groups is 2. The summed E-state index contributed by atoms with van der Waals surface area (Å²) in [5, 5.41) is 11.5. The molecular formula is C39H40N8O4. The van der Waals surface area contributed by atoms with Gasteiger partial charge in [0.15, 0.2) is 6.23 Å². The van der Waals surface area contributed by atoms with Crippen molar-refractivity contribution in [3.05, 3.63) is 132 Å². The Hall–Kier alpha value is -6.24. The van der Waals surface area contributed by atoms with Crippen LogP contribution in [0.1, 0.15) is 50.9 Å². The minimum atomic E-state index is -0.652. The Kier molecular flexibility index (Phi) is 10.5. The number of hydrogen-bond acceptors (Lipinski definition) is 10. The molecule has 6 rings (SSSR count). The fraction of sp³-hybridized carbons (Fsp3) is 0.179. The highest BCUT2D eigenvalue weighted by atomic mass is 16.5. The number of amides is 2. The second-order valence-corrected chi connectivity index (χ2v) is 11.9. The lowest BCUT2D eigenvalue weighted by Crippen LogP contribution is -2.36. The average Bonchev–Trinajstić information content (AvgIpc) is 3.15. The molecule has 51 heavy (non-hydrogen) atoms. The molecule has 2 unspecified atom stereocenters. The van der Waals surface area contributed by atoms with E-state index in [1.165, 1.54) is 0 Å². The number of methoxy groups -OCH3 is 1. The molecule has 0 saturated heterocycles. The second kappa shape index (κ2) is 15.5. The van der Waals surface area contributed by atoms with Crippen LogP contribution in [0.5, 0.6) is 11.5 Å². The standard InChI is InChI=1S/C39H40N8O4/c1-23(51-26-14-12-24(13-15-26)34(21-40)46-32-16-18-43-36-28(32)8-4-10-30(36)38(42)48)45-39(49)31-11-5-9-29-33(17-19-44-37(29)31)47-35(22-41)25-6-3-7-27(20-25)50-2/h3-20,23,34-35H,21-22,40-41H2,1-2H3,(H2,42,48)(H,43,46)(H,44,47)(H,45,49)/t23?,34?,35-/m1/s1. The molecule has 12 heteroatoms. The van der Waals surface area contributed by atoms with Gasteiger partial charge in [0.05, 0.1) is 41.4 Å². The second-order valence-electron chi connectivity index (χ2n) is 11.9. The fourth-order valence-corrected chi connectivity index (χ4v) is 6.05. The number of nitrogens with one attached hydrogen (secondary N) is 3. The van der Waals surface area contributed by atoms with Gasteiger partial charge < -0.3 is 42.6 Å². The predicted octanol–water partition coefficient (Wildman–Crippen LogP) is 5.27. The Morgan fingerprint density at radius 1 is 0.706 bits per heavy atom. The van der Waals surface area contributed by atoms with Crippen LogP contribution in [0, 0.1) is 0 Å². The maximum atomic E-state index is 13.5. The van der Waals surface area contributed by atoms with Gasteiger partial charge >= 0.3 is 0 Å². The van der Waals surface area contributed by atoms with Crippen molar-refractivity contribution in [1.82, 2.24) is 15.3 Å². The molecule has 0 bridgehead atoms. The highest BCUT2D eigenvalue weighted by Crippen LogP contribution is 2.30. The van der Waals surface area contributed by atoms with E-state index in [0.717, 1.165) is 39.0 Å². The highest BCUT2D eigenvalue weighted by molar-refractivity contribution is 6.08. The average molecular weight is 685 g/mol. The number of nitrogens with zero attached hydrogens (tertiary/aromatic N) is 2. The normalized spacial score (nSPS) is 12.9. The van der Waals surface area contributed by atoms with Crippen LogP contribution in [0.25, 0.3) is 21.8 Å². The molecule has 4 aromatic carbocycles. The predicted molar refractivity (Wildman–Crippen MR) is 200 cm³/mol. The largest absolute Gasteiger partial charge is 0.497 e. The summed E-state index contributed by atoms with van der Waals surface area (Å²) in [7, 11) is 1.63. The number of rotatable bonds is 14. The Morgan fingerprint density at radius 3 is 1.86 bits per heavy atom. The van der Waals surface area contributed by atoms with E-state index in [0.29, 0.717) is 41.0 Å². The van der Waals surface area contributed by atoms with Crippen LogP contribution in [-0.4, -0.2) is 48.2 Å². The van der Waals surface area contributed by atoms with Gasteiger partial charge in [-0.05, 0) is 66.6 Å². The van der Waals surface area contributed by atoms with Crippen molar-refractivity contribution >= 4 is 45.0 Å². The van der Waals surface area contributed by atoms with Gasteiger partial charge in [-0.3, -0.25) is 19.6 Å². The summed E-state index contributed by atoms with van der Waals surface area (Å²) in [5.74, 6) is 0.441. The van der Waals surface area contributed by atoms with Crippen molar-refractivity contribution in [2.75, 3.05) is 30.8 Å². The van der Waals surface area contributed by atoms with Crippen LogP contribution in [-0.2, 0) is 0 Å². The Morgan fingerprint density at radius 2 is 1.27 bits per heavy atom. The van der Waals surface area contributed by atoms with Gasteiger partial charge in [-0.25, -0.2) is 0 Å². The van der Waals surface area contributed by atoms with Crippen molar-refractivity contribution in [2.45, 2.75) is 25.2 Å². The topological polar surface area (TPSA) is 193 Å². The Bertz CT molecular complexity index is 2180. The first kappa shape index (κ1) is 34.6. The third-order valence-corrected chi connectivity index (χ3v) is 8.61. The Labute approximate surface area is 295 Å². The van der Waals surface area contributed by atoms with Crippen LogP contribution in [0.15, 0.2) is 109 Å². The van der Waals surface area contributed by atoms with Crippen molar-refractivity contribution < 1.29 is 19.1 Å². The van der Waals surface area contributed by atoms with E-state index in [1.54, 1.807) is 44.6 Å². The number of para-hydroxylation sites is 2. The molecule has 0 fully saturated rings. The number of primary amides is 1. The Balaban J connectivity index is 1.13. The van der Waals surface area contributed by atoms with Crippen LogP contribution in [0.2, 0.25) is 0 Å². The van der Waals surface area contributed by atoms with Crippen molar-refractivity contribution in [3.8, 4) is 11.5 Å². The zero-order chi connectivity index (χ0) is 35.9. The molecule has 0 aliphatic heterocycles. The van der Waals surface area contributed by atoms with Crippen molar-refractivity contribution in [2.24, 2.45) is 17.2 Å². The third-order valence-electron chi connectivity index (χ3n) is 8.61. The zero-order valence-electron chi connectivity index (χ0n) is 28.3. The van der Waals surface area contributed by atoms with Crippen LogP contribution in [0.3, 0.4) is 0 Å². The van der Waals surface area contributed by atoms with E-state index in [2.05, 4.69) is 25.9 Å². The lowest BCUT2D eigenvalue weighted by Gasteiger charge is -2.21. The maximum absolute atomic E-state index is 13.5. The number of benzene rings is 4. The summed E-state index contributed by atoms with van der Waals surface area (Å²) in [4.78, 5) is 34.3. The van der Waals surface area contributed by atoms with Crippen LogP contribution < -0.4 is 42.6 Å². The van der Waals surface area contributed by atoms with E-state index in [4.69, 9.17) is 26.7 Å². The molecule has 9 N–H and O–H groups in total. The van der Waals surface area contributed by atoms with Gasteiger partial charge in [-0.15, -0.1) is 0 Å². The van der Waals surface area contributed by atoms with Gasteiger partial charge in [0, 0.05) is 47.6 Å². The molecule has 2 amide bonds. The first-order valence-electron chi connectivity index (χ1n) is 16.5. The first-order valence-corrected chi connectivity index (χ1v) is 16.5. The van der Waals surface area contributed by atoms with Crippen LogP contribution >= 0.6 is 0 Å². The summed E-state index contributed by atoms with van der Waals surface area (Å²) in [6, 6.07) is 29.3. The SMILES string of the molecule is COc1cccc([C@@H](CN)Nc2ccnc3c(C(=O)NC(C)Oc4ccc(C(CN)Nc5ccnc6c(C(N)=O)cccc56)cc4)cccc23)c1. The first-order chi connectivity index (χ1) is 24.8. The number of anilines is 2. The minimum Gasteiger partial charge on any atom is -0.497 e. The van der Waals surface area contributed by atoms with E-state index >= 15 is 0 Å². The van der Waals surface area contributed by atoms with Crippen molar-refractivity contribution in [3.63, 3.8) is 0 Å². The molecule has 2 heterocycles. The molecule has 0 radical (unpaired) electrons. The fourth-order valence-electron chi connectivity index (χ4n) is 6.05. The number of aromatic nitrogens is 2. The molecule has 0 saturated carbocycles. The smallest absolute Gasteiger partial charge is 0.256 e. The van der Waals surface area contributed by atoms with Gasteiger partial charge in [0.25, 0.3) is 11.8 Å². The summed E-state index contributed by atoms with van der Waals surface area (Å²) in [6.45, 7) is 2.41. The number of carbonyl (C=O) groups excluding carboxylic acids is 2. The summed E-state index contributed by atoms with van der Waals surface area (Å²) in [6.07, 6.45) is 2.64. The highest BCUT2D eigenvalue weighted by Gasteiger charge is 2.19. The van der Waals surface area contributed by atoms with Gasteiger partial charge in [0.1, 0.15) is 11.5 Å². The van der Waals surface area contributed by atoms with Gasteiger partial charge in [-0.2, -0.15) is 0 Å². The maximum Gasteiger partial charge on any atom is 0.256 e. The number of hydrogen-bond donors (Lipinski definition) is 6. The monoisotopic (exact) mass is 684 g/mol. The molecule has 3 atom stereocenters. The van der Waals surface area contributed by atoms with E-state index < -0.39 is 12.1 Å². The van der Waals surface area contributed by atoms with Crippen molar-refractivity contribution in [1.29, 1.82) is 0 Å². The summed E-state index contributed by atoms with van der Waals surface area (Å²) in [5.41, 5.74) is 23.2. The van der Waals surface area contributed by atoms with Crippen LogP contribution in [0.4, 0.5) is 11.4 Å². The summed E-state index contributed by atoms with van der Waals surface area (Å²) < 4.78 is 11.5. The lowest BCUT2D eigenvalue weighted by molar-refractivity contribution is 0.0852. The van der Waals surface area contributed by atoms with E-state index in [-0.39, 0.29) is 18.0 Å². The molecular weight excluding hydrogens is 644 g/mol. The molecule has 12 nitrogen and oxygen atoms in total. The molecule has 6 aromatic rings. The number of ether oxygens (including phenoxy) is 2. The minimum absolute atomic E-state index is 0.189. The molecule has 260 valence electrons. The van der Waals surface area contributed by atoms with Gasteiger partial charge in [-0.1, -0.05) is 48.5 Å². The molecule has 0 aliphatic rings. The zero-order valence-corrected chi connectivity index (χ0v) is 28.3. The number of fused-ring (bicyclic) bond motifs is 2. The number of nitrogens with two attached hydrogens (primary N) is 3. The third kappa shape index (κ3) is 7.67. The number of pyridine rings is 2. The molecule has 0 spiro atoms. The molecule has 2 aromatic heterocycles.